The van der Waals surface area contributed by atoms with Crippen molar-refractivity contribution in [1.82, 2.24) is 0 Å². The Morgan fingerprint density at radius 1 is 1.47 bits per heavy atom. The molecule has 0 heterocycles. The van der Waals surface area contributed by atoms with Gasteiger partial charge in [0, 0.05) is 6.61 Å². The molecule has 0 aromatic heterocycles. The maximum atomic E-state index is 11.9. The van der Waals surface area contributed by atoms with E-state index in [1.165, 1.54) is 0 Å². The van der Waals surface area contributed by atoms with Crippen LogP contribution in [-0.2, 0) is 9.53 Å². The van der Waals surface area contributed by atoms with Crippen LogP contribution in [0, 0.1) is 11.3 Å². The lowest BCUT2D eigenvalue weighted by Crippen LogP contribution is -2.36. The van der Waals surface area contributed by atoms with Gasteiger partial charge in [-0.1, -0.05) is 19.8 Å². The summed E-state index contributed by atoms with van der Waals surface area (Å²) in [6, 6.07) is 0. The van der Waals surface area contributed by atoms with E-state index in [9.17, 15) is 23.1 Å². The molecule has 2 unspecified atom stereocenters. The summed E-state index contributed by atoms with van der Waals surface area (Å²) < 4.78 is 40.1. The first-order chi connectivity index (χ1) is 8.75. The van der Waals surface area contributed by atoms with Gasteiger partial charge in [-0.05, 0) is 31.6 Å². The topological polar surface area (TPSA) is 46.5 Å². The monoisotopic (exact) mass is 282 g/mol. The fourth-order valence-electron chi connectivity index (χ4n) is 2.89. The van der Waals surface area contributed by atoms with Gasteiger partial charge in [0.1, 0.15) is 6.61 Å². The van der Waals surface area contributed by atoms with E-state index >= 15 is 0 Å². The summed E-state index contributed by atoms with van der Waals surface area (Å²) in [4.78, 5) is 11.4. The third kappa shape index (κ3) is 5.38. The molecule has 112 valence electrons. The van der Waals surface area contributed by atoms with Crippen molar-refractivity contribution >= 4 is 5.97 Å². The molecule has 0 bridgehead atoms. The van der Waals surface area contributed by atoms with Gasteiger partial charge in [-0.15, -0.1) is 0 Å². The van der Waals surface area contributed by atoms with Crippen molar-refractivity contribution in [2.45, 2.75) is 51.6 Å². The van der Waals surface area contributed by atoms with Crippen LogP contribution in [0.1, 0.15) is 45.4 Å². The molecule has 0 amide bonds. The Morgan fingerprint density at radius 3 is 2.68 bits per heavy atom. The summed E-state index contributed by atoms with van der Waals surface area (Å²) >= 11 is 0. The number of ether oxygens (including phenoxy) is 1. The lowest BCUT2D eigenvalue weighted by atomic mass is 9.68. The quantitative estimate of drug-likeness (QED) is 0.757. The summed E-state index contributed by atoms with van der Waals surface area (Å²) in [5.41, 5.74) is -0.765. The van der Waals surface area contributed by atoms with Crippen LogP contribution in [0.2, 0.25) is 0 Å². The summed E-state index contributed by atoms with van der Waals surface area (Å²) in [6.07, 6.45) is -0.437. The number of hydrogen-bond donors (Lipinski definition) is 1. The van der Waals surface area contributed by atoms with Gasteiger partial charge >= 0.3 is 12.1 Å². The number of carbonyl (C=O) groups is 1. The highest BCUT2D eigenvalue weighted by molar-refractivity contribution is 5.74. The number of alkyl halides is 3. The Labute approximate surface area is 111 Å². The normalized spacial score (nSPS) is 28.3. The summed E-state index contributed by atoms with van der Waals surface area (Å²) in [7, 11) is 0. The number of halogens is 3. The molecule has 2 atom stereocenters. The van der Waals surface area contributed by atoms with Crippen molar-refractivity contribution in [3.63, 3.8) is 0 Å². The summed E-state index contributed by atoms with van der Waals surface area (Å²) in [5.74, 6) is -0.462. The van der Waals surface area contributed by atoms with E-state index < -0.39 is 24.2 Å². The highest BCUT2D eigenvalue weighted by Crippen LogP contribution is 2.43. The second-order valence-corrected chi connectivity index (χ2v) is 5.56. The van der Waals surface area contributed by atoms with Crippen LogP contribution in [-0.4, -0.2) is 30.5 Å². The molecule has 1 N–H and O–H groups in total. The first kappa shape index (κ1) is 16.3. The van der Waals surface area contributed by atoms with Gasteiger partial charge in [-0.2, -0.15) is 13.2 Å². The minimum atomic E-state index is -4.32. The molecule has 6 heteroatoms. The first-order valence-corrected chi connectivity index (χ1v) is 6.63. The molecular formula is C13H21F3O3. The van der Waals surface area contributed by atoms with Crippen LogP contribution in [0.3, 0.4) is 0 Å². The predicted molar refractivity (Wildman–Crippen MR) is 63.8 cm³/mol. The summed E-state index contributed by atoms with van der Waals surface area (Å²) in [6.45, 7) is 0.726. The zero-order chi connectivity index (χ0) is 14.5. The van der Waals surface area contributed by atoms with Gasteiger partial charge in [0.25, 0.3) is 0 Å². The molecule has 19 heavy (non-hydrogen) atoms. The number of hydrogen-bond acceptors (Lipinski definition) is 2. The van der Waals surface area contributed by atoms with Crippen molar-refractivity contribution < 1.29 is 27.8 Å². The van der Waals surface area contributed by atoms with Crippen molar-refractivity contribution in [3.05, 3.63) is 0 Å². The largest absolute Gasteiger partial charge is 0.481 e. The third-order valence-electron chi connectivity index (χ3n) is 3.75. The first-order valence-electron chi connectivity index (χ1n) is 6.63. The van der Waals surface area contributed by atoms with Gasteiger partial charge < -0.3 is 9.84 Å². The number of carboxylic acid groups (broad SMARTS) is 1. The molecule has 1 aliphatic carbocycles. The van der Waals surface area contributed by atoms with E-state index in [1.54, 1.807) is 0 Å². The lowest BCUT2D eigenvalue weighted by Gasteiger charge is -2.36. The van der Waals surface area contributed by atoms with E-state index in [-0.39, 0.29) is 6.61 Å². The SMILES string of the molecule is CC1CCCC(CCCOCC(F)(F)F)(C(=O)O)C1. The minimum absolute atomic E-state index is 0.0388. The van der Waals surface area contributed by atoms with Crippen LogP contribution >= 0.6 is 0 Å². The zero-order valence-corrected chi connectivity index (χ0v) is 11.1. The van der Waals surface area contributed by atoms with Crippen molar-refractivity contribution in [1.29, 1.82) is 0 Å². The standard InChI is InChI=1S/C13H21F3O3/c1-10-4-2-5-12(8-10,11(17)18)6-3-7-19-9-13(14,15)16/h10H,2-9H2,1H3,(H,17,18). The van der Waals surface area contributed by atoms with E-state index in [4.69, 9.17) is 0 Å². The van der Waals surface area contributed by atoms with Gasteiger partial charge in [0.15, 0.2) is 0 Å². The predicted octanol–water partition coefficient (Wildman–Crippen LogP) is 3.63. The van der Waals surface area contributed by atoms with E-state index in [2.05, 4.69) is 4.74 Å². The van der Waals surface area contributed by atoms with Gasteiger partial charge in [0.05, 0.1) is 5.41 Å². The Bertz CT molecular complexity index is 304. The average molecular weight is 282 g/mol. The molecule has 1 fully saturated rings. The minimum Gasteiger partial charge on any atom is -0.481 e. The Balaban J connectivity index is 2.37. The van der Waals surface area contributed by atoms with Crippen molar-refractivity contribution in [2.75, 3.05) is 13.2 Å². The molecule has 1 saturated carbocycles. The second-order valence-electron chi connectivity index (χ2n) is 5.56. The van der Waals surface area contributed by atoms with E-state index in [0.717, 1.165) is 12.8 Å². The molecule has 0 spiro atoms. The van der Waals surface area contributed by atoms with Gasteiger partial charge in [-0.3, -0.25) is 4.79 Å². The average Bonchev–Trinajstić information content (AvgIpc) is 2.26. The summed E-state index contributed by atoms with van der Waals surface area (Å²) in [5, 5.41) is 9.37. The Kier molecular flexibility index (Phi) is 5.64. The van der Waals surface area contributed by atoms with Gasteiger partial charge in [-0.25, -0.2) is 0 Å². The Morgan fingerprint density at radius 2 is 2.16 bits per heavy atom. The molecule has 0 aliphatic heterocycles. The van der Waals surface area contributed by atoms with Gasteiger partial charge in [0.2, 0.25) is 0 Å². The van der Waals surface area contributed by atoms with E-state index in [1.807, 2.05) is 6.92 Å². The zero-order valence-electron chi connectivity index (χ0n) is 11.1. The number of aliphatic carboxylic acids is 1. The van der Waals surface area contributed by atoms with Crippen molar-refractivity contribution in [2.24, 2.45) is 11.3 Å². The molecule has 0 aromatic rings. The lowest BCUT2D eigenvalue weighted by molar-refractivity contribution is -0.175. The molecular weight excluding hydrogens is 261 g/mol. The number of carboxylic acids is 1. The van der Waals surface area contributed by atoms with Crippen LogP contribution in [0.4, 0.5) is 13.2 Å². The maximum absolute atomic E-state index is 11.9. The second kappa shape index (κ2) is 6.59. The smallest absolute Gasteiger partial charge is 0.411 e. The Hall–Kier alpha value is -0.780. The molecule has 1 aliphatic rings. The maximum Gasteiger partial charge on any atom is 0.411 e. The molecule has 1 rings (SSSR count). The van der Waals surface area contributed by atoms with Crippen LogP contribution < -0.4 is 0 Å². The van der Waals surface area contributed by atoms with Crippen LogP contribution in [0.5, 0.6) is 0 Å². The fraction of sp³-hybridized carbons (Fsp3) is 0.923. The van der Waals surface area contributed by atoms with Crippen LogP contribution in [0.15, 0.2) is 0 Å². The van der Waals surface area contributed by atoms with Crippen LogP contribution in [0.25, 0.3) is 0 Å². The fourth-order valence-corrected chi connectivity index (χ4v) is 2.89. The highest BCUT2D eigenvalue weighted by atomic mass is 19.4. The molecule has 3 nitrogen and oxygen atoms in total. The molecule has 0 aromatic carbocycles. The van der Waals surface area contributed by atoms with Crippen molar-refractivity contribution in [3.8, 4) is 0 Å². The van der Waals surface area contributed by atoms with E-state index in [0.29, 0.717) is 31.6 Å². The number of rotatable bonds is 6. The highest BCUT2D eigenvalue weighted by Gasteiger charge is 2.41. The third-order valence-corrected chi connectivity index (χ3v) is 3.75. The molecule has 0 radical (unpaired) electrons. The molecule has 0 saturated heterocycles.